The van der Waals surface area contributed by atoms with Gasteiger partial charge in [0.25, 0.3) is 0 Å². The van der Waals surface area contributed by atoms with Crippen molar-refractivity contribution in [3.05, 3.63) is 48.1 Å². The zero-order chi connectivity index (χ0) is 42.4. The lowest BCUT2D eigenvalue weighted by Gasteiger charge is -2.25. The number of allylic oxidation sites excluding steroid dienone is 1. The Bertz CT molecular complexity index is 2140. The summed E-state index contributed by atoms with van der Waals surface area (Å²) in [5, 5.41) is 13.6. The number of phosphoric ester groups is 2. The lowest BCUT2D eigenvalue weighted by atomic mass is 10.1. The zero-order valence-corrected chi connectivity index (χ0v) is 33.1. The summed E-state index contributed by atoms with van der Waals surface area (Å²) in [6.45, 7) is 3.48. The lowest BCUT2D eigenvalue weighted by Crippen LogP contribution is -2.47. The number of amides is 1. The van der Waals surface area contributed by atoms with Crippen LogP contribution in [0.3, 0.4) is 0 Å². The van der Waals surface area contributed by atoms with E-state index in [1.807, 2.05) is 0 Å². The van der Waals surface area contributed by atoms with Crippen LogP contribution >= 0.6 is 27.4 Å². The first-order valence-corrected chi connectivity index (χ1v) is 21.3. The van der Waals surface area contributed by atoms with E-state index in [0.717, 1.165) is 22.7 Å². The molecule has 5 heterocycles. The van der Waals surface area contributed by atoms with E-state index in [9.17, 15) is 48.1 Å². The summed E-state index contributed by atoms with van der Waals surface area (Å²) >= 11 is 0.901. The van der Waals surface area contributed by atoms with Crippen molar-refractivity contribution in [1.82, 2.24) is 34.4 Å². The number of fused-ring (bicyclic) bond motifs is 1. The summed E-state index contributed by atoms with van der Waals surface area (Å²) in [4.78, 5) is 96.5. The Morgan fingerprint density at radius 2 is 1.86 bits per heavy atom. The number of aliphatic hydroxyl groups excluding tert-OH is 1. The number of carbonyl (C=O) groups is 3. The molecule has 1 amide bonds. The number of hydrogen-bond acceptors (Lipinski definition) is 20. The SMILES string of the molecule is C=CCCC(=O)NC(CC(=O)SCC)C(=O)O[C@H]1[C@@H](O)[C@H](n2cnc3c(N)ncnc32)O[C@@H]1COP(=O)(O)O[C@H]1C[C@H](n2ccc(N)nc2=O)O[C@@H]1COP(=O)(O)O. The molecule has 9 N–H and O–H groups in total. The number of nitrogens with two attached hydrogens (primary N) is 2. The number of thioether (sulfide) groups is 1. The van der Waals surface area contributed by atoms with E-state index in [1.54, 1.807) is 6.92 Å². The Kier molecular flexibility index (Phi) is 14.9. The number of nitrogen functional groups attached to an aromatic ring is 2. The minimum Gasteiger partial charge on any atom is -0.455 e. The van der Waals surface area contributed by atoms with Crippen molar-refractivity contribution in [1.29, 1.82) is 0 Å². The average molecular weight is 878 g/mol. The highest BCUT2D eigenvalue weighted by molar-refractivity contribution is 8.13. The quantitative estimate of drug-likeness (QED) is 0.0451. The molecule has 2 fully saturated rings. The number of carbonyl (C=O) groups excluding carboxylic acids is 3. The average Bonchev–Trinajstić information content (AvgIpc) is 3.84. The summed E-state index contributed by atoms with van der Waals surface area (Å²) < 4.78 is 59.6. The molecule has 318 valence electrons. The van der Waals surface area contributed by atoms with Gasteiger partial charge in [-0.3, -0.25) is 32.3 Å². The number of imidazole rings is 1. The van der Waals surface area contributed by atoms with Crippen LogP contribution in [0.2, 0.25) is 0 Å². The molecule has 0 saturated carbocycles. The van der Waals surface area contributed by atoms with Gasteiger partial charge in [-0.2, -0.15) is 4.98 Å². The van der Waals surface area contributed by atoms with Gasteiger partial charge in [-0.25, -0.2) is 33.7 Å². The van der Waals surface area contributed by atoms with Gasteiger partial charge in [-0.1, -0.05) is 24.8 Å². The maximum Gasteiger partial charge on any atom is 0.472 e. The molecule has 58 heavy (non-hydrogen) atoms. The second-order valence-electron chi connectivity index (χ2n) is 12.6. The number of rotatable bonds is 19. The van der Waals surface area contributed by atoms with Crippen molar-refractivity contribution in [3.63, 3.8) is 0 Å². The first-order chi connectivity index (χ1) is 27.4. The fourth-order valence-electron chi connectivity index (χ4n) is 5.90. The molecule has 0 aromatic carbocycles. The van der Waals surface area contributed by atoms with Crippen LogP contribution in [0.5, 0.6) is 0 Å². The number of aromatic nitrogens is 6. The standard InChI is InChI=1S/C30H41N9O16P2S/c1-3-5-6-20(40)36-15(9-22(41)58-4-2)29(43)54-25-18(53-28(24(25)42)39-14-35-23-26(32)33-13-34-27(23)39)12-51-57(48,49)55-16-10-21(38-8-7-19(31)37-30(38)44)52-17(16)11-50-56(45,46)47/h3,7-8,13-18,21,24-25,28,42H,1,4-6,9-12H2,2H3,(H,36,40)(H,48,49)(H2,31,37,44)(H2,32,33,34)(H2,45,46,47)/t15?,16-,17+,18+,21+,24+,25+,28+/m0/s1. The minimum atomic E-state index is -5.24. The number of anilines is 2. The molecule has 3 aromatic heterocycles. The number of nitrogens with one attached hydrogen (secondary N) is 1. The smallest absolute Gasteiger partial charge is 0.455 e. The molecule has 0 radical (unpaired) electrons. The Morgan fingerprint density at radius 3 is 2.55 bits per heavy atom. The predicted molar refractivity (Wildman–Crippen MR) is 199 cm³/mol. The maximum atomic E-state index is 13.7. The second kappa shape index (κ2) is 19.3. The number of esters is 1. The van der Waals surface area contributed by atoms with Crippen LogP contribution in [0.15, 0.2) is 42.4 Å². The van der Waals surface area contributed by atoms with Gasteiger partial charge in [0.15, 0.2) is 28.9 Å². The van der Waals surface area contributed by atoms with E-state index >= 15 is 0 Å². The minimum absolute atomic E-state index is 0.0118. The molecular weight excluding hydrogens is 836 g/mol. The van der Waals surface area contributed by atoms with E-state index in [1.165, 1.54) is 29.2 Å². The van der Waals surface area contributed by atoms with Crippen LogP contribution in [-0.2, 0) is 51.3 Å². The molecule has 25 nitrogen and oxygen atoms in total. The molecule has 0 spiro atoms. The molecule has 2 aliphatic heterocycles. The molecule has 2 aliphatic rings. The van der Waals surface area contributed by atoms with Crippen molar-refractivity contribution in [2.45, 2.75) is 81.6 Å². The second-order valence-corrected chi connectivity index (χ2v) is 16.6. The van der Waals surface area contributed by atoms with Crippen LogP contribution in [0.25, 0.3) is 11.2 Å². The summed E-state index contributed by atoms with van der Waals surface area (Å²) in [6, 6.07) is -0.251. The number of hydrogen-bond donors (Lipinski definition) is 7. The topological polar surface area (TPSA) is 364 Å². The molecule has 28 heteroatoms. The number of nitrogens with zero attached hydrogens (tertiary/aromatic N) is 6. The third-order valence-corrected chi connectivity index (χ3v) is 10.8. The van der Waals surface area contributed by atoms with Gasteiger partial charge in [-0.05, 0) is 18.2 Å². The Hall–Kier alpha value is -4.17. The highest BCUT2D eigenvalue weighted by Gasteiger charge is 2.50. The molecule has 0 aliphatic carbocycles. The number of phosphoric acid groups is 2. The predicted octanol–water partition coefficient (Wildman–Crippen LogP) is -0.562. The fourth-order valence-corrected chi connectivity index (χ4v) is 7.81. The Morgan fingerprint density at radius 1 is 1.12 bits per heavy atom. The van der Waals surface area contributed by atoms with Crippen LogP contribution in [0.4, 0.5) is 11.6 Å². The highest BCUT2D eigenvalue weighted by atomic mass is 32.2. The van der Waals surface area contributed by atoms with Gasteiger partial charge in [0, 0.05) is 25.5 Å². The lowest BCUT2D eigenvalue weighted by molar-refractivity contribution is -0.160. The van der Waals surface area contributed by atoms with Gasteiger partial charge >= 0.3 is 27.3 Å². The van der Waals surface area contributed by atoms with Crippen molar-refractivity contribution in [2.75, 3.05) is 30.4 Å². The largest absolute Gasteiger partial charge is 0.472 e. The van der Waals surface area contributed by atoms with Crippen molar-refractivity contribution >= 4 is 67.2 Å². The summed E-state index contributed by atoms with van der Waals surface area (Å²) in [5.41, 5.74) is 10.8. The van der Waals surface area contributed by atoms with Gasteiger partial charge < -0.3 is 50.8 Å². The summed E-state index contributed by atoms with van der Waals surface area (Å²) in [5.74, 6) is -1.51. The van der Waals surface area contributed by atoms with Crippen LogP contribution < -0.4 is 22.5 Å². The summed E-state index contributed by atoms with van der Waals surface area (Å²) in [7, 11) is -10.3. The monoisotopic (exact) mass is 877 g/mol. The van der Waals surface area contributed by atoms with Crippen molar-refractivity contribution in [2.24, 2.45) is 0 Å². The van der Waals surface area contributed by atoms with Gasteiger partial charge in [0.1, 0.15) is 54.3 Å². The third kappa shape index (κ3) is 11.5. The van der Waals surface area contributed by atoms with Crippen LogP contribution in [0.1, 0.15) is 45.1 Å². The highest BCUT2D eigenvalue weighted by Crippen LogP contribution is 2.50. The number of aliphatic hydroxyl groups is 1. The third-order valence-electron chi connectivity index (χ3n) is 8.51. The van der Waals surface area contributed by atoms with Crippen molar-refractivity contribution in [3.8, 4) is 0 Å². The Labute approximate surface area is 332 Å². The molecule has 5 rings (SSSR count). The van der Waals surface area contributed by atoms with E-state index in [4.69, 9.17) is 34.7 Å². The van der Waals surface area contributed by atoms with E-state index in [2.05, 4.69) is 36.4 Å². The van der Waals surface area contributed by atoms with Gasteiger partial charge in [-0.15, -0.1) is 6.58 Å². The molecule has 9 atom stereocenters. The molecule has 0 bridgehead atoms. The first-order valence-electron chi connectivity index (χ1n) is 17.3. The zero-order valence-electron chi connectivity index (χ0n) is 30.5. The van der Waals surface area contributed by atoms with E-state index in [0.29, 0.717) is 5.75 Å². The normalized spacial score (nSPS) is 24.9. The Balaban J connectivity index is 1.38. The van der Waals surface area contributed by atoms with Crippen LogP contribution in [-0.4, -0.2) is 121 Å². The molecular formula is C30H41N9O16P2S. The first kappa shape index (κ1) is 44.9. The van der Waals surface area contributed by atoms with Gasteiger partial charge in [0.05, 0.1) is 19.5 Å². The van der Waals surface area contributed by atoms with E-state index in [-0.39, 0.29) is 42.1 Å². The maximum absolute atomic E-state index is 13.7. The fraction of sp³-hybridized carbons (Fsp3) is 0.533. The van der Waals surface area contributed by atoms with Crippen molar-refractivity contribution < 1.29 is 71.1 Å². The summed E-state index contributed by atoms with van der Waals surface area (Å²) in [6.07, 6.45) is -6.30. The molecule has 3 aromatic rings. The van der Waals surface area contributed by atoms with E-state index < -0.39 is 107 Å². The van der Waals surface area contributed by atoms with Gasteiger partial charge in [0.2, 0.25) is 5.91 Å². The molecule has 2 unspecified atom stereocenters. The molecule has 2 saturated heterocycles. The van der Waals surface area contributed by atoms with Crippen LogP contribution in [0, 0.1) is 0 Å². The number of ether oxygens (including phenoxy) is 3.